The third-order valence-corrected chi connectivity index (χ3v) is 4.14. The van der Waals surface area contributed by atoms with E-state index in [1.165, 1.54) is 18.2 Å². The van der Waals surface area contributed by atoms with Gasteiger partial charge in [0.05, 0.1) is 11.3 Å². The van der Waals surface area contributed by atoms with Crippen LogP contribution in [0.1, 0.15) is 35.7 Å². The summed E-state index contributed by atoms with van der Waals surface area (Å²) >= 11 is 0. The second kappa shape index (κ2) is 7.08. The summed E-state index contributed by atoms with van der Waals surface area (Å²) in [5, 5.41) is 8.87. The Kier molecular flexibility index (Phi) is 5.74. The monoisotopic (exact) mass is 295 g/mol. The highest BCUT2D eigenvalue weighted by molar-refractivity contribution is 7.88. The van der Waals surface area contributed by atoms with E-state index < -0.39 is 16.0 Å². The summed E-state index contributed by atoms with van der Waals surface area (Å²) < 4.78 is 26.5. The molecule has 1 rings (SSSR count). The molecular weight excluding hydrogens is 278 g/mol. The number of carboxylic acids is 1. The zero-order valence-electron chi connectivity index (χ0n) is 11.2. The van der Waals surface area contributed by atoms with Gasteiger partial charge >= 0.3 is 5.97 Å². The number of sulfonamides is 1. The van der Waals surface area contributed by atoms with E-state index in [2.05, 4.69) is 10.6 Å². The zero-order valence-corrected chi connectivity index (χ0v) is 12.0. The number of hydrogen-bond donors (Lipinski definition) is 2. The van der Waals surface area contributed by atoms with E-state index >= 15 is 0 Å². The lowest BCUT2D eigenvalue weighted by molar-refractivity contribution is 0.0696. The smallest absolute Gasteiger partial charge is 0.335 e. The molecule has 0 radical (unpaired) electrons. The van der Waals surface area contributed by atoms with Gasteiger partial charge in [-0.3, -0.25) is 0 Å². The van der Waals surface area contributed by atoms with E-state index in [1.807, 2.05) is 6.92 Å². The minimum absolute atomic E-state index is 0.0633. The van der Waals surface area contributed by atoms with Gasteiger partial charge < -0.3 is 5.11 Å². The summed E-state index contributed by atoms with van der Waals surface area (Å²) in [5.41, 5.74) is 0.487. The van der Waals surface area contributed by atoms with Crippen LogP contribution in [0.5, 0.6) is 0 Å². The third kappa shape index (κ3) is 5.03. The predicted molar refractivity (Wildman–Crippen MR) is 76.7 cm³/mol. The van der Waals surface area contributed by atoms with Crippen molar-refractivity contribution < 1.29 is 18.3 Å². The Morgan fingerprint density at radius 3 is 2.75 bits per heavy atom. The highest BCUT2D eigenvalue weighted by atomic mass is 32.2. The van der Waals surface area contributed by atoms with Gasteiger partial charge in [0, 0.05) is 12.5 Å². The van der Waals surface area contributed by atoms with Crippen molar-refractivity contribution in [2.45, 2.75) is 31.6 Å². The van der Waals surface area contributed by atoms with Gasteiger partial charge in [-0.15, -0.1) is 12.3 Å². The van der Waals surface area contributed by atoms with E-state index in [0.29, 0.717) is 18.4 Å². The Bertz CT molecular complexity index is 616. The van der Waals surface area contributed by atoms with Crippen LogP contribution in [0.25, 0.3) is 0 Å². The number of nitrogens with one attached hydrogen (secondary N) is 1. The molecular formula is C14H17NO4S. The zero-order chi connectivity index (χ0) is 15.2. The highest BCUT2D eigenvalue weighted by Gasteiger charge is 2.17. The van der Waals surface area contributed by atoms with Gasteiger partial charge in [0.1, 0.15) is 0 Å². The fourth-order valence-electron chi connectivity index (χ4n) is 1.72. The quantitative estimate of drug-likeness (QED) is 0.749. The van der Waals surface area contributed by atoms with Gasteiger partial charge in [0.25, 0.3) is 0 Å². The lowest BCUT2D eigenvalue weighted by atomic mass is 10.1. The molecule has 1 atom stereocenters. The summed E-state index contributed by atoms with van der Waals surface area (Å²) in [6.07, 6.45) is 6.10. The summed E-state index contributed by atoms with van der Waals surface area (Å²) in [7, 11) is -3.55. The largest absolute Gasteiger partial charge is 0.478 e. The van der Waals surface area contributed by atoms with Crippen LogP contribution in [0.2, 0.25) is 0 Å². The van der Waals surface area contributed by atoms with Crippen LogP contribution < -0.4 is 4.72 Å². The first-order chi connectivity index (χ1) is 9.38. The number of aromatic carboxylic acids is 1. The molecule has 0 saturated heterocycles. The fraction of sp³-hybridized carbons (Fsp3) is 0.357. The second-order valence-electron chi connectivity index (χ2n) is 4.40. The molecule has 0 aliphatic carbocycles. The maximum Gasteiger partial charge on any atom is 0.335 e. The molecule has 0 amide bonds. The molecule has 0 aliphatic heterocycles. The van der Waals surface area contributed by atoms with E-state index in [-0.39, 0.29) is 17.4 Å². The Morgan fingerprint density at radius 2 is 2.20 bits per heavy atom. The highest BCUT2D eigenvalue weighted by Crippen LogP contribution is 2.10. The van der Waals surface area contributed by atoms with Crippen LogP contribution in [0.4, 0.5) is 0 Å². The van der Waals surface area contributed by atoms with Gasteiger partial charge in [-0.1, -0.05) is 19.1 Å². The Hall–Kier alpha value is -1.84. The van der Waals surface area contributed by atoms with Crippen molar-refractivity contribution in [3.8, 4) is 12.3 Å². The minimum Gasteiger partial charge on any atom is -0.478 e. The van der Waals surface area contributed by atoms with Crippen molar-refractivity contribution >= 4 is 16.0 Å². The molecule has 1 aromatic rings. The molecule has 0 heterocycles. The molecule has 0 fully saturated rings. The molecule has 1 unspecified atom stereocenters. The van der Waals surface area contributed by atoms with Crippen LogP contribution >= 0.6 is 0 Å². The normalized spacial score (nSPS) is 12.6. The van der Waals surface area contributed by atoms with Crippen molar-refractivity contribution in [3.05, 3.63) is 35.4 Å². The van der Waals surface area contributed by atoms with E-state index in [4.69, 9.17) is 11.5 Å². The van der Waals surface area contributed by atoms with Gasteiger partial charge in [-0.25, -0.2) is 17.9 Å². The Labute approximate surface area is 119 Å². The molecule has 0 bridgehead atoms. The van der Waals surface area contributed by atoms with Crippen LogP contribution in [0.15, 0.2) is 24.3 Å². The van der Waals surface area contributed by atoms with Crippen LogP contribution in [-0.4, -0.2) is 25.5 Å². The maximum absolute atomic E-state index is 12.0. The molecule has 0 saturated carbocycles. The predicted octanol–water partition coefficient (Wildman–Crippen LogP) is 1.61. The van der Waals surface area contributed by atoms with Crippen LogP contribution in [-0.2, 0) is 15.8 Å². The molecule has 0 aromatic heterocycles. The summed E-state index contributed by atoms with van der Waals surface area (Å²) in [4.78, 5) is 10.8. The number of terminal acetylenes is 1. The first-order valence-corrected chi connectivity index (χ1v) is 7.79. The number of carboxylic acid groups (broad SMARTS) is 1. The number of carbonyl (C=O) groups is 1. The Morgan fingerprint density at radius 1 is 1.50 bits per heavy atom. The number of rotatable bonds is 7. The van der Waals surface area contributed by atoms with Crippen molar-refractivity contribution in [3.63, 3.8) is 0 Å². The molecule has 2 N–H and O–H groups in total. The summed E-state index contributed by atoms with van der Waals surface area (Å²) in [6.45, 7) is 1.84. The standard InChI is InChI=1S/C14H17NO4S/c1-3-6-13(4-2)15-20(18,19)10-11-7-5-8-12(9-11)14(16)17/h1,5,7-9,13,15H,4,6,10H2,2H3,(H,16,17). The average Bonchev–Trinajstić information content (AvgIpc) is 2.37. The first kappa shape index (κ1) is 16.2. The molecule has 1 aromatic carbocycles. The van der Waals surface area contributed by atoms with E-state index in [9.17, 15) is 13.2 Å². The fourth-order valence-corrected chi connectivity index (χ4v) is 3.18. The van der Waals surface area contributed by atoms with Crippen molar-refractivity contribution in [1.82, 2.24) is 4.72 Å². The first-order valence-electron chi connectivity index (χ1n) is 6.13. The topological polar surface area (TPSA) is 83.5 Å². The van der Waals surface area contributed by atoms with Gasteiger partial charge in [0.2, 0.25) is 10.0 Å². The maximum atomic E-state index is 12.0. The minimum atomic E-state index is -3.55. The van der Waals surface area contributed by atoms with Gasteiger partial charge in [-0.05, 0) is 24.1 Å². The lowest BCUT2D eigenvalue weighted by Gasteiger charge is -2.14. The van der Waals surface area contributed by atoms with Crippen molar-refractivity contribution in [1.29, 1.82) is 0 Å². The molecule has 6 heteroatoms. The molecule has 0 spiro atoms. The SMILES string of the molecule is C#CCC(CC)NS(=O)(=O)Cc1cccc(C(=O)O)c1. The van der Waals surface area contributed by atoms with Gasteiger partial charge in [-0.2, -0.15) is 0 Å². The summed E-state index contributed by atoms with van der Waals surface area (Å²) in [6, 6.07) is 5.57. The summed E-state index contributed by atoms with van der Waals surface area (Å²) in [5.74, 6) is 1.07. The molecule has 20 heavy (non-hydrogen) atoms. The molecule has 108 valence electrons. The molecule has 0 aliphatic rings. The average molecular weight is 295 g/mol. The van der Waals surface area contributed by atoms with E-state index in [1.54, 1.807) is 6.07 Å². The van der Waals surface area contributed by atoms with Crippen molar-refractivity contribution in [2.24, 2.45) is 0 Å². The number of hydrogen-bond acceptors (Lipinski definition) is 3. The van der Waals surface area contributed by atoms with Crippen LogP contribution in [0.3, 0.4) is 0 Å². The second-order valence-corrected chi connectivity index (χ2v) is 6.15. The Balaban J connectivity index is 2.83. The molecule has 5 nitrogen and oxygen atoms in total. The van der Waals surface area contributed by atoms with Gasteiger partial charge in [0.15, 0.2) is 0 Å². The number of benzene rings is 1. The van der Waals surface area contributed by atoms with Crippen molar-refractivity contribution in [2.75, 3.05) is 0 Å². The lowest BCUT2D eigenvalue weighted by Crippen LogP contribution is -2.35. The van der Waals surface area contributed by atoms with E-state index in [0.717, 1.165) is 0 Å². The van der Waals surface area contributed by atoms with Crippen LogP contribution in [0, 0.1) is 12.3 Å². The third-order valence-electron chi connectivity index (χ3n) is 2.73.